The number of rotatable bonds is 0. The second-order valence-corrected chi connectivity index (χ2v) is 6.08. The van der Waals surface area contributed by atoms with Gasteiger partial charge < -0.3 is 5.73 Å². The highest BCUT2D eigenvalue weighted by molar-refractivity contribution is 8.14. The molecule has 0 saturated carbocycles. The van der Waals surface area contributed by atoms with Crippen LogP contribution in [0.5, 0.6) is 0 Å². The molecule has 1 aliphatic heterocycles. The maximum absolute atomic E-state index is 9.19. The van der Waals surface area contributed by atoms with Gasteiger partial charge in [-0.1, -0.05) is 25.6 Å². The van der Waals surface area contributed by atoms with Crippen LogP contribution in [-0.4, -0.2) is 36.2 Å². The van der Waals surface area contributed by atoms with Crippen molar-refractivity contribution in [3.05, 3.63) is 0 Å². The van der Waals surface area contributed by atoms with Gasteiger partial charge in [-0.05, 0) is 5.92 Å². The maximum Gasteiger partial charge on any atom is 0.261 e. The molecule has 3 N–H and O–H groups in total. The van der Waals surface area contributed by atoms with Crippen molar-refractivity contribution < 1.29 is 13.0 Å². The zero-order valence-electron chi connectivity index (χ0n) is 8.47. The fourth-order valence-electron chi connectivity index (χ4n) is 0.726. The van der Waals surface area contributed by atoms with Crippen molar-refractivity contribution in [2.24, 2.45) is 16.6 Å². The number of aliphatic imine (C=N–C) groups is 1. The smallest absolute Gasteiger partial charge is 0.261 e. The first kappa shape index (κ1) is 13.7. The fraction of sp³-hybridized carbons (Fsp3) is 0.857. The number of hydrogen-bond acceptors (Lipinski definition) is 5. The second kappa shape index (κ2) is 5.57. The van der Waals surface area contributed by atoms with Gasteiger partial charge in [0, 0.05) is 11.8 Å². The van der Waals surface area contributed by atoms with Crippen molar-refractivity contribution >= 4 is 27.0 Å². The average Bonchev–Trinajstić information content (AvgIpc) is 1.94. The van der Waals surface area contributed by atoms with Crippen LogP contribution < -0.4 is 5.73 Å². The zero-order chi connectivity index (χ0) is 11.4. The molecule has 1 rings (SSSR count). The standard InChI is InChI=1S/C6H12N2S.CH4O3S/c1-4-3-8-6(7)9-5(4)2;1-5(2,3)4/h4-5H,3H2,1-2H3,(H2,7,8);1H3,(H,2,3,4)/t4-,5-;/m0./s1. The summed E-state index contributed by atoms with van der Waals surface area (Å²) in [5, 5.41) is 1.39. The van der Waals surface area contributed by atoms with Crippen LogP contribution in [-0.2, 0) is 10.1 Å². The van der Waals surface area contributed by atoms with E-state index < -0.39 is 10.1 Å². The average molecular weight is 240 g/mol. The molecule has 0 bridgehead atoms. The molecular weight excluding hydrogens is 224 g/mol. The fourth-order valence-corrected chi connectivity index (χ4v) is 1.57. The first-order valence-corrected chi connectivity index (χ1v) is 6.82. The molecule has 14 heavy (non-hydrogen) atoms. The minimum Gasteiger partial charge on any atom is -0.379 e. The summed E-state index contributed by atoms with van der Waals surface area (Å²) >= 11 is 1.68. The van der Waals surface area contributed by atoms with Gasteiger partial charge >= 0.3 is 0 Å². The third kappa shape index (κ3) is 8.33. The van der Waals surface area contributed by atoms with Crippen molar-refractivity contribution in [2.75, 3.05) is 12.8 Å². The van der Waals surface area contributed by atoms with Crippen molar-refractivity contribution in [3.8, 4) is 0 Å². The Morgan fingerprint density at radius 1 is 1.57 bits per heavy atom. The minimum atomic E-state index is -3.67. The van der Waals surface area contributed by atoms with Crippen LogP contribution >= 0.6 is 11.8 Å². The summed E-state index contributed by atoms with van der Waals surface area (Å²) in [7, 11) is -3.67. The maximum atomic E-state index is 9.19. The highest BCUT2D eigenvalue weighted by Gasteiger charge is 2.17. The first-order chi connectivity index (χ1) is 6.20. The number of amidine groups is 1. The van der Waals surface area contributed by atoms with E-state index in [1.54, 1.807) is 11.8 Å². The molecule has 0 saturated heterocycles. The Balaban J connectivity index is 0.000000292. The van der Waals surface area contributed by atoms with E-state index in [2.05, 4.69) is 18.8 Å². The number of nitrogens with two attached hydrogens (primary N) is 1. The molecule has 0 radical (unpaired) electrons. The summed E-state index contributed by atoms with van der Waals surface area (Å²) in [6.45, 7) is 5.30. The van der Waals surface area contributed by atoms with E-state index in [0.717, 1.165) is 11.7 Å². The predicted octanol–water partition coefficient (Wildman–Crippen LogP) is 0.577. The molecule has 0 fully saturated rings. The molecule has 0 aromatic rings. The van der Waals surface area contributed by atoms with Crippen LogP contribution in [0, 0.1) is 5.92 Å². The van der Waals surface area contributed by atoms with E-state index in [1.807, 2.05) is 0 Å². The largest absolute Gasteiger partial charge is 0.379 e. The van der Waals surface area contributed by atoms with Crippen LogP contribution in [0.2, 0.25) is 0 Å². The Bertz CT molecular complexity index is 292. The molecule has 0 aromatic heterocycles. The molecule has 0 spiro atoms. The third-order valence-electron chi connectivity index (χ3n) is 1.64. The SMILES string of the molecule is CS(=O)(=O)O.C[C@@H]1SC(N)=NC[C@@H]1C. The summed E-state index contributed by atoms with van der Waals surface area (Å²) in [5.74, 6) is 0.683. The summed E-state index contributed by atoms with van der Waals surface area (Å²) in [4.78, 5) is 4.12. The van der Waals surface area contributed by atoms with Crippen LogP contribution in [0.3, 0.4) is 0 Å². The lowest BCUT2D eigenvalue weighted by Crippen LogP contribution is -2.25. The van der Waals surface area contributed by atoms with Gasteiger partial charge in [-0.2, -0.15) is 8.42 Å². The number of nitrogens with zero attached hydrogens (tertiary/aromatic N) is 1. The van der Waals surface area contributed by atoms with Crippen LogP contribution in [0.1, 0.15) is 13.8 Å². The molecule has 7 heteroatoms. The van der Waals surface area contributed by atoms with Crippen molar-refractivity contribution in [1.29, 1.82) is 0 Å². The molecule has 2 atom stereocenters. The molecule has 0 amide bonds. The van der Waals surface area contributed by atoms with Crippen molar-refractivity contribution in [2.45, 2.75) is 19.1 Å². The monoisotopic (exact) mass is 240 g/mol. The highest BCUT2D eigenvalue weighted by Crippen LogP contribution is 2.23. The lowest BCUT2D eigenvalue weighted by atomic mass is 10.1. The lowest BCUT2D eigenvalue weighted by molar-refractivity contribution is 0.490. The van der Waals surface area contributed by atoms with Crippen molar-refractivity contribution in [3.63, 3.8) is 0 Å². The van der Waals surface area contributed by atoms with Crippen molar-refractivity contribution in [1.82, 2.24) is 0 Å². The van der Waals surface area contributed by atoms with Crippen LogP contribution in [0.4, 0.5) is 0 Å². The summed E-state index contributed by atoms with van der Waals surface area (Å²) in [6, 6.07) is 0. The third-order valence-corrected chi connectivity index (χ3v) is 2.85. The summed E-state index contributed by atoms with van der Waals surface area (Å²) in [5.41, 5.74) is 5.50. The number of hydrogen-bond donors (Lipinski definition) is 2. The van der Waals surface area contributed by atoms with Gasteiger partial charge in [0.05, 0.1) is 6.26 Å². The molecular formula is C7H16N2O3S2. The van der Waals surface area contributed by atoms with E-state index in [1.165, 1.54) is 0 Å². The Kier molecular flexibility index (Phi) is 5.46. The molecule has 84 valence electrons. The number of thioether (sulfide) groups is 1. The molecule has 1 heterocycles. The minimum absolute atomic E-state index is 0.641. The van der Waals surface area contributed by atoms with Gasteiger partial charge in [-0.3, -0.25) is 9.55 Å². The molecule has 0 unspecified atom stereocenters. The zero-order valence-corrected chi connectivity index (χ0v) is 10.1. The van der Waals surface area contributed by atoms with E-state index in [0.29, 0.717) is 17.4 Å². The van der Waals surface area contributed by atoms with Crippen LogP contribution in [0.25, 0.3) is 0 Å². The van der Waals surface area contributed by atoms with Gasteiger partial charge in [-0.15, -0.1) is 0 Å². The molecule has 0 aliphatic carbocycles. The Morgan fingerprint density at radius 2 is 2.00 bits per heavy atom. The van der Waals surface area contributed by atoms with Gasteiger partial charge in [-0.25, -0.2) is 0 Å². The summed E-state index contributed by atoms with van der Waals surface area (Å²) in [6.07, 6.45) is 0.715. The topological polar surface area (TPSA) is 92.8 Å². The van der Waals surface area contributed by atoms with E-state index in [9.17, 15) is 8.42 Å². The van der Waals surface area contributed by atoms with E-state index in [-0.39, 0.29) is 0 Å². The summed E-state index contributed by atoms with van der Waals surface area (Å²) < 4.78 is 25.9. The Hall–Kier alpha value is -0.270. The molecule has 1 aliphatic rings. The quantitative estimate of drug-likeness (QED) is 0.604. The predicted molar refractivity (Wildman–Crippen MR) is 60.2 cm³/mol. The molecule has 5 nitrogen and oxygen atoms in total. The Morgan fingerprint density at radius 3 is 2.29 bits per heavy atom. The van der Waals surface area contributed by atoms with Gasteiger partial charge in [0.25, 0.3) is 10.1 Å². The van der Waals surface area contributed by atoms with E-state index >= 15 is 0 Å². The van der Waals surface area contributed by atoms with E-state index in [4.69, 9.17) is 10.3 Å². The normalized spacial score (nSPS) is 27.3. The highest BCUT2D eigenvalue weighted by atomic mass is 32.2. The van der Waals surface area contributed by atoms with Gasteiger partial charge in [0.1, 0.15) is 0 Å². The van der Waals surface area contributed by atoms with Gasteiger partial charge in [0.2, 0.25) is 0 Å². The first-order valence-electron chi connectivity index (χ1n) is 4.09. The second-order valence-electron chi connectivity index (χ2n) is 3.21. The van der Waals surface area contributed by atoms with Gasteiger partial charge in [0.15, 0.2) is 5.17 Å². The van der Waals surface area contributed by atoms with Crippen LogP contribution in [0.15, 0.2) is 4.99 Å². The Labute approximate surface area is 88.9 Å². The lowest BCUT2D eigenvalue weighted by Gasteiger charge is -2.21. The molecule has 0 aromatic carbocycles.